The average Bonchev–Trinajstić information content (AvgIpc) is 1.56. The predicted molar refractivity (Wildman–Crippen MR) is 469 cm³/mol. The first kappa shape index (κ1) is 93.4. The van der Waals surface area contributed by atoms with Gasteiger partial charge in [-0.2, -0.15) is 19.6 Å². The molecule has 0 amide bonds. The van der Waals surface area contributed by atoms with Crippen LogP contribution in [0.1, 0.15) is 50.2 Å². The molecule has 135 heavy (non-hydrogen) atoms. The van der Waals surface area contributed by atoms with E-state index in [2.05, 4.69) is 107 Å². The zero-order valence-corrected chi connectivity index (χ0v) is 77.8. The Kier molecular flexibility index (Phi) is 24.1. The Bertz CT molecular complexity index is 7270. The second-order valence-corrected chi connectivity index (χ2v) is 48.3. The molecule has 0 aliphatic carbocycles. The number of halogens is 2. The van der Waals surface area contributed by atoms with Crippen LogP contribution in [-0.2, 0) is 156 Å². The Hall–Kier alpha value is -7.88. The van der Waals surface area contributed by atoms with E-state index in [1.807, 2.05) is 0 Å². The number of fused-ring (bicyclic) bond motifs is 13. The van der Waals surface area contributed by atoms with Crippen molar-refractivity contribution in [3.63, 3.8) is 0 Å². The minimum atomic E-state index is -4.30. The van der Waals surface area contributed by atoms with Gasteiger partial charge in [-0.15, -0.1) is 5.10 Å². The number of thiol groups is 1. The van der Waals surface area contributed by atoms with Crippen LogP contribution in [0.2, 0.25) is 0 Å². The lowest BCUT2D eigenvalue weighted by Crippen LogP contribution is -2.45. The first-order valence-electron chi connectivity index (χ1n) is 39.4. The molecule has 12 aromatic heterocycles. The standard InChI is InChI=1S/C21H23FN10O10P2S2.C21H24N10O10P2S2.C19H22FN11O9P2S2/c22-8-7-1-37-43(34,45)42-13-12-19(31-5-27-9-14(23)25-4-26-15(9)31)40-21(13,2-36-12)3-38-44(35,46)41-11(8)18(39-7)32-6-28-10-16(32)29-20(24)30-17(10)33;22-14-10-15(25-5-24-14)30(6-26-10)19-12-13-21(39-19,3-35-12)4-37-43(34,45)40-9-1-8(2-36-42(33,44)41-13)38-18(9)31-7-27-11-16(31)28-20(23)29-17(11)32;20-9-12-8(38-18(9)31-14-10(28-29-31)13(21)23-4-24-14)3-36-41(33,43)39-7-1-6(2-35-42(34,44)40-12)37-17(7)30-5-25-11-15(30)26-19(22)27-16(11)32/h4-8,11-13,18-19H,1-3H2,(H,34,45)(H,35,46)(H2,23,25,26)(H3,24,29,30,33);5-9,12-13,18-19H,1-4H2,(H,33,44)(H,34,45)(H2,22,24,25)(H3,23,28,29,32);4-9,12,17-18H,1-3H2,(H,33,43)(H,34,44)(H2,21,23,24)(H3,22,26,27,32)/t7-,8-,11-,12-,13+,18-,19-,21-,43?,44?;8-,9+,12+,13-,18+,19+,21+,42?,43?;6-,7+,8+,9-,12+,17+,18+,41?,42?/m100/s1. The fourth-order valence-corrected chi connectivity index (χ4v) is 25.8. The van der Waals surface area contributed by atoms with Crippen molar-refractivity contribution >= 4 is 214 Å². The zero-order chi connectivity index (χ0) is 94.4. The molecule has 0 radical (unpaired) electrons. The molecule has 11 saturated heterocycles. The molecule has 11 aliphatic heterocycles. The molecule has 0 spiro atoms. The number of nitrogens with two attached hydrogens (primary N) is 6. The van der Waals surface area contributed by atoms with E-state index < -0.39 is 211 Å². The number of nitrogen functional groups attached to an aromatic ring is 6. The summed E-state index contributed by atoms with van der Waals surface area (Å²) in [6, 6.07) is 0. The third-order valence-corrected chi connectivity index (χ3v) is 32.3. The van der Waals surface area contributed by atoms with Crippen molar-refractivity contribution in [2.45, 2.75) is 147 Å². The number of alkyl halides is 2. The smallest absolute Gasteiger partial charge is 0.382 e. The van der Waals surface area contributed by atoms with Gasteiger partial charge in [0.05, 0.1) is 96.7 Å². The fourth-order valence-electron chi connectivity index (χ4n) is 17.0. The molecule has 28 atom stereocenters. The monoisotopic (exact) mass is 2120 g/mol. The molecule has 10 bridgehead atoms. The van der Waals surface area contributed by atoms with Crippen LogP contribution in [0.5, 0.6) is 0 Å². The van der Waals surface area contributed by atoms with E-state index >= 15 is 8.78 Å². The second kappa shape index (κ2) is 34.8. The van der Waals surface area contributed by atoms with E-state index in [1.165, 1.54) is 51.7 Å². The minimum absolute atomic E-state index is 0.00767. The van der Waals surface area contributed by atoms with Gasteiger partial charge in [0.25, 0.3) is 16.7 Å². The van der Waals surface area contributed by atoms with Gasteiger partial charge in [-0.1, -0.05) is 17.5 Å². The third-order valence-electron chi connectivity index (χ3n) is 22.9. The van der Waals surface area contributed by atoms with Crippen molar-refractivity contribution in [2.24, 2.45) is 0 Å². The molecule has 11 fully saturated rings. The number of aromatic amines is 3. The van der Waals surface area contributed by atoms with Gasteiger partial charge >= 0.3 is 40.4 Å². The summed E-state index contributed by atoms with van der Waals surface area (Å²) in [6.45, 7) is -27.7. The number of H-pyrrole nitrogens is 3. The van der Waals surface area contributed by atoms with Crippen molar-refractivity contribution in [1.29, 1.82) is 0 Å². The highest BCUT2D eigenvalue weighted by Gasteiger charge is 2.68. The average molecular weight is 2120 g/mol. The quantitative estimate of drug-likeness (QED) is 0.0681. The Morgan fingerprint density at radius 2 is 0.793 bits per heavy atom. The van der Waals surface area contributed by atoms with Crippen LogP contribution in [0.25, 0.3) is 67.0 Å². The van der Waals surface area contributed by atoms with Gasteiger partial charge in [0.15, 0.2) is 123 Å². The van der Waals surface area contributed by atoms with Gasteiger partial charge < -0.3 is 124 Å². The van der Waals surface area contributed by atoms with Crippen LogP contribution in [0.15, 0.2) is 65.0 Å². The topological polar surface area (TPSA) is 793 Å². The number of rotatable bonds is 6. The fraction of sp³-hybridized carbons (Fsp3) is 0.525. The normalized spacial score (nSPS) is 38.3. The van der Waals surface area contributed by atoms with E-state index in [-0.39, 0.29) is 126 Å². The van der Waals surface area contributed by atoms with Gasteiger partial charge in [0, 0.05) is 12.8 Å². The lowest BCUT2D eigenvalue weighted by molar-refractivity contribution is -0.183. The third kappa shape index (κ3) is 17.4. The summed E-state index contributed by atoms with van der Waals surface area (Å²) < 4.78 is 171. The van der Waals surface area contributed by atoms with E-state index in [9.17, 15) is 43.4 Å². The molecule has 23 heterocycles. The molecular formula is C61H69F2N31O29P6S6. The highest BCUT2D eigenvalue weighted by Crippen LogP contribution is 2.63. The summed E-state index contributed by atoms with van der Waals surface area (Å²) in [5.74, 6) is -0.224. The number of hydrogen-bond donors (Lipinski definition) is 15. The highest BCUT2D eigenvalue weighted by atomic mass is 32.7. The minimum Gasteiger partial charge on any atom is -0.382 e. The molecule has 74 heteroatoms. The highest BCUT2D eigenvalue weighted by molar-refractivity contribution is 8.44. The van der Waals surface area contributed by atoms with Gasteiger partial charge in [-0.3, -0.25) is 79.3 Å². The molecule has 12 aromatic rings. The molecule has 0 aromatic carbocycles. The molecule has 60 nitrogen and oxygen atoms in total. The molecular weight excluding hydrogens is 2050 g/mol. The summed E-state index contributed by atoms with van der Waals surface area (Å²) in [7, 11) is 0. The van der Waals surface area contributed by atoms with E-state index in [4.69, 9.17) is 186 Å². The Morgan fingerprint density at radius 1 is 0.400 bits per heavy atom. The Balaban J connectivity index is 0.000000121. The number of aromatic nitrogens is 25. The Morgan fingerprint density at radius 3 is 1.28 bits per heavy atom. The summed E-state index contributed by atoms with van der Waals surface area (Å²) >= 11 is 30.7. The number of nitrogens with zero attached hydrogens (tertiary/aromatic N) is 22. The van der Waals surface area contributed by atoms with Gasteiger partial charge in [0.1, 0.15) is 102 Å². The molecule has 20 N–H and O–H groups in total. The van der Waals surface area contributed by atoms with E-state index in [0.29, 0.717) is 22.3 Å². The lowest BCUT2D eigenvalue weighted by Gasteiger charge is -2.33. The largest absolute Gasteiger partial charge is 0.386 e. The predicted octanol–water partition coefficient (Wildman–Crippen LogP) is -1.28. The molecule has 6 unspecified atom stereocenters. The SMILES string of the molecule is Nc1nc2c(ncn2[C@@H]2O[C@@H]3COP(O)(=S)O[C@H]4[C@H](F)[C@H](n5nnc6c(N)ncnc65)O[C@@H]4COP(=O)(S)O[C@@H]2C3)c(=O)[nH]1.Nc1nc2c(ncn2[C@@H]2O[C@@H]3COP(O)(=S)O[C@H]4[C@H]5OC[C@]4(COP(O)(=S)O[C@@H]2C3)O[C@H]5n2cnc3c(N)ncnc32)c(=O)[nH]1.Nc1nc2c(ncn2[C@@H]2O[C@@H]3COP(O)(=S)O[C@H]4[C@H]5OC[C@]4(COP(O)(=S)O[C@@H]2[C@@H]3F)O[C@H]5n2cnc3c(N)ncnc32)c(=O)[nH]1. The molecule has 722 valence electrons. The maximum absolute atomic E-state index is 16.0. The maximum Gasteiger partial charge on any atom is 0.386 e. The Labute approximate surface area is 777 Å². The van der Waals surface area contributed by atoms with Crippen molar-refractivity contribution in [1.82, 2.24) is 123 Å². The van der Waals surface area contributed by atoms with Gasteiger partial charge in [0.2, 0.25) is 17.8 Å². The first-order valence-corrected chi connectivity index (χ1v) is 55.1. The number of imidazole rings is 5. The molecule has 23 rings (SSSR count). The van der Waals surface area contributed by atoms with Crippen molar-refractivity contribution in [3.8, 4) is 0 Å². The van der Waals surface area contributed by atoms with Crippen LogP contribution in [0.3, 0.4) is 0 Å². The van der Waals surface area contributed by atoms with E-state index in [0.717, 1.165) is 17.3 Å². The number of nitrogens with one attached hydrogen (secondary N) is 3. The first-order chi connectivity index (χ1) is 64.2. The number of hydrogen-bond acceptors (Lipinski definition) is 51. The van der Waals surface area contributed by atoms with Crippen LogP contribution in [0.4, 0.5) is 44.1 Å². The van der Waals surface area contributed by atoms with Crippen molar-refractivity contribution < 1.29 is 130 Å². The second-order valence-electron chi connectivity index (χ2n) is 31.5. The van der Waals surface area contributed by atoms with Crippen LogP contribution in [0, 0.1) is 0 Å². The van der Waals surface area contributed by atoms with Crippen LogP contribution in [-0.4, -0.2) is 297 Å². The van der Waals surface area contributed by atoms with Gasteiger partial charge in [-0.25, -0.2) is 68.2 Å². The maximum atomic E-state index is 16.0. The number of ether oxygens (including phenoxy) is 8. The summed E-state index contributed by atoms with van der Waals surface area (Å²) in [5.41, 5.74) is 31.7. The zero-order valence-electron chi connectivity index (χ0n) is 67.5. The van der Waals surface area contributed by atoms with Crippen LogP contribution < -0.4 is 51.1 Å². The summed E-state index contributed by atoms with van der Waals surface area (Å²) in [6.07, 6.45) is -13.8. The molecule has 0 saturated carbocycles. The summed E-state index contributed by atoms with van der Waals surface area (Å²) in [4.78, 5) is 157. The van der Waals surface area contributed by atoms with Crippen molar-refractivity contribution in [3.05, 3.63) is 81.7 Å². The summed E-state index contributed by atoms with van der Waals surface area (Å²) in [5, 5.41) is 7.77. The molecule has 11 aliphatic rings. The van der Waals surface area contributed by atoms with Crippen molar-refractivity contribution in [2.75, 3.05) is 87.3 Å². The lowest BCUT2D eigenvalue weighted by atomic mass is 10.0. The van der Waals surface area contributed by atoms with Crippen LogP contribution >= 0.6 is 52.6 Å². The van der Waals surface area contributed by atoms with Gasteiger partial charge in [-0.05, 0) is 59.0 Å². The van der Waals surface area contributed by atoms with E-state index in [1.54, 1.807) is 9.13 Å². The number of anilines is 6.